The molecule has 0 unspecified atom stereocenters. The topological polar surface area (TPSA) is 70.3 Å². The molecule has 144 valence electrons. The van der Waals surface area contributed by atoms with Crippen molar-refractivity contribution >= 4 is 11.9 Å². The number of hydrogen-bond donors (Lipinski definition) is 1. The van der Waals surface area contributed by atoms with E-state index in [9.17, 15) is 4.79 Å². The van der Waals surface area contributed by atoms with Crippen LogP contribution in [0.25, 0.3) is 0 Å². The molecule has 7 nitrogen and oxygen atoms in total. The van der Waals surface area contributed by atoms with Crippen LogP contribution in [0.1, 0.15) is 16.1 Å². The maximum atomic E-state index is 12.3. The normalized spacial score (nSPS) is 15.0. The number of carbonyl (C=O) groups is 1. The lowest BCUT2D eigenvalue weighted by Crippen LogP contribution is -2.54. The SMILES string of the molecule is CN=C(NCCOc1ccccc1C)N1CCN(C(=O)c2ccco2)CC1. The quantitative estimate of drug-likeness (QED) is 0.495. The summed E-state index contributed by atoms with van der Waals surface area (Å²) in [6.45, 7) is 5.98. The van der Waals surface area contributed by atoms with E-state index >= 15 is 0 Å². The molecule has 0 saturated carbocycles. The molecule has 0 aliphatic carbocycles. The van der Waals surface area contributed by atoms with E-state index in [2.05, 4.69) is 15.2 Å². The van der Waals surface area contributed by atoms with Crippen molar-refractivity contribution in [2.24, 2.45) is 4.99 Å². The summed E-state index contributed by atoms with van der Waals surface area (Å²) < 4.78 is 11.0. The highest BCUT2D eigenvalue weighted by Gasteiger charge is 2.25. The second-order valence-electron chi connectivity index (χ2n) is 6.34. The van der Waals surface area contributed by atoms with Gasteiger partial charge in [0, 0.05) is 33.2 Å². The van der Waals surface area contributed by atoms with Gasteiger partial charge < -0.3 is 24.3 Å². The largest absolute Gasteiger partial charge is 0.491 e. The van der Waals surface area contributed by atoms with Gasteiger partial charge in [-0.05, 0) is 30.7 Å². The van der Waals surface area contributed by atoms with Crippen LogP contribution in [0.4, 0.5) is 0 Å². The van der Waals surface area contributed by atoms with Crippen molar-refractivity contribution in [3.05, 3.63) is 54.0 Å². The molecule has 1 N–H and O–H groups in total. The van der Waals surface area contributed by atoms with E-state index in [1.54, 1.807) is 19.2 Å². The van der Waals surface area contributed by atoms with Gasteiger partial charge in [-0.3, -0.25) is 9.79 Å². The van der Waals surface area contributed by atoms with Crippen molar-refractivity contribution in [3.8, 4) is 5.75 Å². The number of ether oxygens (including phenoxy) is 1. The Kier molecular flexibility index (Phi) is 6.35. The molecule has 7 heteroatoms. The number of piperazine rings is 1. The zero-order valence-corrected chi connectivity index (χ0v) is 15.9. The van der Waals surface area contributed by atoms with E-state index in [0.717, 1.165) is 30.4 Å². The summed E-state index contributed by atoms with van der Waals surface area (Å²) in [4.78, 5) is 20.6. The summed E-state index contributed by atoms with van der Waals surface area (Å²) >= 11 is 0. The smallest absolute Gasteiger partial charge is 0.289 e. The van der Waals surface area contributed by atoms with Gasteiger partial charge in [0.05, 0.1) is 12.8 Å². The van der Waals surface area contributed by atoms with Crippen LogP contribution >= 0.6 is 0 Å². The van der Waals surface area contributed by atoms with Crippen molar-refractivity contribution < 1.29 is 13.9 Å². The first-order valence-corrected chi connectivity index (χ1v) is 9.16. The van der Waals surface area contributed by atoms with Gasteiger partial charge in [-0.2, -0.15) is 0 Å². The molecule has 2 heterocycles. The first kappa shape index (κ1) is 18.8. The Hall–Kier alpha value is -2.96. The number of amides is 1. The zero-order chi connectivity index (χ0) is 19.1. The van der Waals surface area contributed by atoms with Crippen molar-refractivity contribution in [1.82, 2.24) is 15.1 Å². The van der Waals surface area contributed by atoms with Crippen LogP contribution in [0.2, 0.25) is 0 Å². The summed E-state index contributed by atoms with van der Waals surface area (Å²) in [6.07, 6.45) is 1.52. The number of hydrogen-bond acceptors (Lipinski definition) is 4. The number of rotatable bonds is 5. The van der Waals surface area contributed by atoms with E-state index in [1.807, 2.05) is 36.1 Å². The molecule has 1 aromatic carbocycles. The third-order valence-electron chi connectivity index (χ3n) is 4.55. The van der Waals surface area contributed by atoms with Crippen LogP contribution in [0, 0.1) is 6.92 Å². The van der Waals surface area contributed by atoms with E-state index in [-0.39, 0.29) is 5.91 Å². The minimum Gasteiger partial charge on any atom is -0.491 e. The molecule has 0 spiro atoms. The maximum absolute atomic E-state index is 12.3. The maximum Gasteiger partial charge on any atom is 0.289 e. The predicted octanol–water partition coefficient (Wildman–Crippen LogP) is 2.00. The predicted molar refractivity (Wildman–Crippen MR) is 104 cm³/mol. The summed E-state index contributed by atoms with van der Waals surface area (Å²) in [5.74, 6) is 2.06. The molecule has 1 aliphatic rings. The summed E-state index contributed by atoms with van der Waals surface area (Å²) in [6, 6.07) is 11.4. The van der Waals surface area contributed by atoms with Gasteiger partial charge >= 0.3 is 0 Å². The van der Waals surface area contributed by atoms with Gasteiger partial charge in [0.25, 0.3) is 5.91 Å². The molecule has 1 saturated heterocycles. The average Bonchev–Trinajstić information content (AvgIpc) is 3.24. The summed E-state index contributed by atoms with van der Waals surface area (Å²) in [5, 5.41) is 3.33. The fourth-order valence-electron chi connectivity index (χ4n) is 3.05. The minimum absolute atomic E-state index is 0.0609. The minimum atomic E-state index is -0.0609. The molecule has 1 aliphatic heterocycles. The molecule has 1 fully saturated rings. The Labute approximate surface area is 159 Å². The molecule has 0 atom stereocenters. The van der Waals surface area contributed by atoms with Crippen LogP contribution in [-0.4, -0.2) is 68.0 Å². The number of nitrogens with zero attached hydrogens (tertiary/aromatic N) is 3. The lowest BCUT2D eigenvalue weighted by Gasteiger charge is -2.36. The Bertz CT molecular complexity index is 765. The summed E-state index contributed by atoms with van der Waals surface area (Å²) in [7, 11) is 1.77. The molecular weight excluding hydrogens is 344 g/mol. The van der Waals surface area contributed by atoms with Crippen molar-refractivity contribution in [2.45, 2.75) is 6.92 Å². The second kappa shape index (κ2) is 9.12. The lowest BCUT2D eigenvalue weighted by molar-refractivity contribution is 0.0657. The van der Waals surface area contributed by atoms with Gasteiger partial charge in [0.2, 0.25) is 0 Å². The van der Waals surface area contributed by atoms with Gasteiger partial charge in [0.15, 0.2) is 11.7 Å². The number of guanidine groups is 1. The fourth-order valence-corrected chi connectivity index (χ4v) is 3.05. The fraction of sp³-hybridized carbons (Fsp3) is 0.400. The highest BCUT2D eigenvalue weighted by Crippen LogP contribution is 2.15. The van der Waals surface area contributed by atoms with Crippen molar-refractivity contribution in [2.75, 3.05) is 46.4 Å². The molecule has 3 rings (SSSR count). The van der Waals surface area contributed by atoms with Gasteiger partial charge in [-0.15, -0.1) is 0 Å². The van der Waals surface area contributed by atoms with Crippen LogP contribution in [-0.2, 0) is 0 Å². The highest BCUT2D eigenvalue weighted by molar-refractivity contribution is 5.91. The molecule has 0 radical (unpaired) electrons. The number of aliphatic imine (C=N–C) groups is 1. The first-order chi connectivity index (χ1) is 13.2. The van der Waals surface area contributed by atoms with E-state index in [0.29, 0.717) is 32.0 Å². The molecule has 1 aromatic heterocycles. The number of nitrogens with one attached hydrogen (secondary N) is 1. The van der Waals surface area contributed by atoms with E-state index in [4.69, 9.17) is 9.15 Å². The van der Waals surface area contributed by atoms with Crippen LogP contribution in [0.5, 0.6) is 5.75 Å². The number of aryl methyl sites for hydroxylation is 1. The van der Waals surface area contributed by atoms with Crippen molar-refractivity contribution in [3.63, 3.8) is 0 Å². The number of furan rings is 1. The lowest BCUT2D eigenvalue weighted by atomic mass is 10.2. The molecule has 0 bridgehead atoms. The number of para-hydroxylation sites is 1. The highest BCUT2D eigenvalue weighted by atomic mass is 16.5. The van der Waals surface area contributed by atoms with E-state index < -0.39 is 0 Å². The van der Waals surface area contributed by atoms with Crippen LogP contribution in [0.3, 0.4) is 0 Å². The molecule has 27 heavy (non-hydrogen) atoms. The van der Waals surface area contributed by atoms with Crippen LogP contribution < -0.4 is 10.1 Å². The Morgan fingerprint density at radius 2 is 1.89 bits per heavy atom. The van der Waals surface area contributed by atoms with Gasteiger partial charge in [0.1, 0.15) is 12.4 Å². The molecule has 2 aromatic rings. The molecule has 1 amide bonds. The standard InChI is InChI=1S/C20H26N4O3/c1-16-6-3-4-7-17(16)27-15-9-22-20(21-2)24-12-10-23(11-13-24)19(25)18-8-5-14-26-18/h3-8,14H,9-13,15H2,1-2H3,(H,21,22). The number of benzene rings is 1. The number of carbonyl (C=O) groups excluding carboxylic acids is 1. The Balaban J connectivity index is 1.42. The monoisotopic (exact) mass is 370 g/mol. The Morgan fingerprint density at radius 1 is 1.15 bits per heavy atom. The molecular formula is C20H26N4O3. The first-order valence-electron chi connectivity index (χ1n) is 9.16. The second-order valence-corrected chi connectivity index (χ2v) is 6.34. The third kappa shape index (κ3) is 4.81. The average molecular weight is 370 g/mol. The zero-order valence-electron chi connectivity index (χ0n) is 15.9. The van der Waals surface area contributed by atoms with E-state index in [1.165, 1.54) is 6.26 Å². The van der Waals surface area contributed by atoms with Crippen molar-refractivity contribution in [1.29, 1.82) is 0 Å². The van der Waals surface area contributed by atoms with Crippen LogP contribution in [0.15, 0.2) is 52.1 Å². The Morgan fingerprint density at radius 3 is 2.56 bits per heavy atom. The van der Waals surface area contributed by atoms with Gasteiger partial charge in [-0.25, -0.2) is 0 Å². The summed E-state index contributed by atoms with van der Waals surface area (Å²) in [5.41, 5.74) is 1.12. The van der Waals surface area contributed by atoms with Gasteiger partial charge in [-0.1, -0.05) is 18.2 Å². The third-order valence-corrected chi connectivity index (χ3v) is 4.55.